The predicted octanol–water partition coefficient (Wildman–Crippen LogP) is 5.73. The van der Waals surface area contributed by atoms with Crippen molar-refractivity contribution < 1.29 is 31.5 Å². The maximum absolute atomic E-state index is 13.9. The van der Waals surface area contributed by atoms with Crippen molar-refractivity contribution in [3.05, 3.63) is 83.1 Å². The van der Waals surface area contributed by atoms with Crippen LogP contribution in [0.5, 0.6) is 11.6 Å². The van der Waals surface area contributed by atoms with Gasteiger partial charge in [0.1, 0.15) is 22.9 Å². The number of anilines is 1. The summed E-state index contributed by atoms with van der Waals surface area (Å²) in [6, 6.07) is 8.97. The fraction of sp³-hybridized carbons (Fsp3) is 0.100. The molecule has 0 aliphatic carbocycles. The van der Waals surface area contributed by atoms with Gasteiger partial charge in [-0.25, -0.2) is 13.8 Å². The van der Waals surface area contributed by atoms with Crippen LogP contribution in [0.2, 0.25) is 0 Å². The fourth-order valence-corrected chi connectivity index (χ4v) is 2.59. The minimum Gasteiger partial charge on any atom is -0.438 e. The zero-order chi connectivity index (χ0) is 21.2. The number of amides is 1. The van der Waals surface area contributed by atoms with E-state index in [1.54, 1.807) is 0 Å². The summed E-state index contributed by atoms with van der Waals surface area (Å²) in [6.07, 6.45) is -3.46. The van der Waals surface area contributed by atoms with Crippen LogP contribution < -0.4 is 10.1 Å². The van der Waals surface area contributed by atoms with Crippen LogP contribution in [0, 0.1) is 18.6 Å². The van der Waals surface area contributed by atoms with Gasteiger partial charge in [-0.1, -0.05) is 0 Å². The van der Waals surface area contributed by atoms with E-state index in [1.807, 2.05) is 0 Å². The number of rotatable bonds is 4. The van der Waals surface area contributed by atoms with Crippen LogP contribution in [0.1, 0.15) is 21.5 Å². The van der Waals surface area contributed by atoms with Gasteiger partial charge in [-0.2, -0.15) is 13.2 Å². The Labute approximate surface area is 162 Å². The van der Waals surface area contributed by atoms with Gasteiger partial charge >= 0.3 is 6.18 Å². The first-order chi connectivity index (χ1) is 13.6. The summed E-state index contributed by atoms with van der Waals surface area (Å²) >= 11 is 0. The first kappa shape index (κ1) is 20.2. The molecule has 0 radical (unpaired) electrons. The summed E-state index contributed by atoms with van der Waals surface area (Å²) in [7, 11) is 0. The number of ether oxygens (including phenoxy) is 1. The minimum atomic E-state index is -4.63. The number of nitrogens with zero attached hydrogens (tertiary/aromatic N) is 1. The van der Waals surface area contributed by atoms with Gasteiger partial charge in [0.15, 0.2) is 0 Å². The second-order valence-electron chi connectivity index (χ2n) is 6.01. The lowest BCUT2D eigenvalue weighted by Crippen LogP contribution is -2.15. The summed E-state index contributed by atoms with van der Waals surface area (Å²) in [6.45, 7) is 1.39. The SMILES string of the molecule is Cc1cc(F)cc(F)c1C(=O)Nc1ccc(Oc2ncccc2C(F)(F)F)cc1. The number of alkyl halides is 3. The molecule has 3 aromatic rings. The molecule has 1 aromatic heterocycles. The smallest absolute Gasteiger partial charge is 0.421 e. The highest BCUT2D eigenvalue weighted by Gasteiger charge is 2.35. The zero-order valence-corrected chi connectivity index (χ0v) is 14.8. The second kappa shape index (κ2) is 7.86. The van der Waals surface area contributed by atoms with E-state index in [0.29, 0.717) is 6.07 Å². The van der Waals surface area contributed by atoms with E-state index in [9.17, 15) is 26.7 Å². The largest absolute Gasteiger partial charge is 0.438 e. The van der Waals surface area contributed by atoms with Crippen molar-refractivity contribution in [2.45, 2.75) is 13.1 Å². The van der Waals surface area contributed by atoms with Gasteiger partial charge in [-0.15, -0.1) is 0 Å². The molecule has 3 rings (SSSR count). The lowest BCUT2D eigenvalue weighted by molar-refractivity contribution is -0.138. The molecule has 1 amide bonds. The van der Waals surface area contributed by atoms with Crippen LogP contribution in [-0.4, -0.2) is 10.9 Å². The van der Waals surface area contributed by atoms with E-state index >= 15 is 0 Å². The standard InChI is InChI=1S/C20H13F5N2O2/c1-11-9-12(21)10-16(22)17(11)18(28)27-13-4-6-14(7-5-13)29-19-15(20(23,24)25)3-2-8-26-19/h2-10H,1H3,(H,27,28). The second-order valence-corrected chi connectivity index (χ2v) is 6.01. The summed E-state index contributed by atoms with van der Waals surface area (Å²) < 4.78 is 71.2. The monoisotopic (exact) mass is 408 g/mol. The number of nitrogens with one attached hydrogen (secondary N) is 1. The summed E-state index contributed by atoms with van der Waals surface area (Å²) in [4.78, 5) is 15.9. The Balaban J connectivity index is 1.76. The van der Waals surface area contributed by atoms with Gasteiger partial charge < -0.3 is 10.1 Å². The molecule has 1 N–H and O–H groups in total. The van der Waals surface area contributed by atoms with E-state index < -0.39 is 35.2 Å². The average molecular weight is 408 g/mol. The van der Waals surface area contributed by atoms with Crippen LogP contribution in [-0.2, 0) is 6.18 Å². The van der Waals surface area contributed by atoms with Crippen LogP contribution >= 0.6 is 0 Å². The average Bonchev–Trinajstić information content (AvgIpc) is 2.62. The van der Waals surface area contributed by atoms with Crippen molar-refractivity contribution in [2.75, 3.05) is 5.32 Å². The highest BCUT2D eigenvalue weighted by atomic mass is 19.4. The number of aryl methyl sites for hydroxylation is 1. The Kier molecular flexibility index (Phi) is 5.49. The first-order valence-corrected chi connectivity index (χ1v) is 8.22. The molecule has 0 unspecified atom stereocenters. The number of aromatic nitrogens is 1. The van der Waals surface area contributed by atoms with Gasteiger partial charge in [-0.05, 0) is 55.0 Å². The van der Waals surface area contributed by atoms with E-state index in [1.165, 1.54) is 37.4 Å². The molecule has 0 spiro atoms. The highest BCUT2D eigenvalue weighted by molar-refractivity contribution is 6.05. The van der Waals surface area contributed by atoms with Gasteiger partial charge in [0.2, 0.25) is 5.88 Å². The number of carbonyl (C=O) groups excluding carboxylic acids is 1. The van der Waals surface area contributed by atoms with Gasteiger partial charge in [0, 0.05) is 18.0 Å². The van der Waals surface area contributed by atoms with E-state index in [-0.39, 0.29) is 22.6 Å². The molecule has 1 heterocycles. The number of carbonyl (C=O) groups is 1. The third kappa shape index (κ3) is 4.68. The van der Waals surface area contributed by atoms with Crippen LogP contribution in [0.3, 0.4) is 0 Å². The molecule has 0 fully saturated rings. The van der Waals surface area contributed by atoms with Crippen molar-refractivity contribution in [3.63, 3.8) is 0 Å². The molecule has 150 valence electrons. The minimum absolute atomic E-state index is 0.0522. The van der Waals surface area contributed by atoms with E-state index in [2.05, 4.69) is 10.3 Å². The molecule has 0 aliphatic heterocycles. The molecule has 0 saturated carbocycles. The number of benzene rings is 2. The van der Waals surface area contributed by atoms with E-state index in [4.69, 9.17) is 4.74 Å². The summed E-state index contributed by atoms with van der Waals surface area (Å²) in [5.74, 6) is -3.16. The van der Waals surface area contributed by atoms with Crippen LogP contribution in [0.15, 0.2) is 54.7 Å². The Hall–Kier alpha value is -3.49. The predicted molar refractivity (Wildman–Crippen MR) is 94.8 cm³/mol. The molecule has 9 heteroatoms. The van der Waals surface area contributed by atoms with Crippen molar-refractivity contribution in [3.8, 4) is 11.6 Å². The number of hydrogen-bond acceptors (Lipinski definition) is 3. The number of pyridine rings is 1. The molecule has 2 aromatic carbocycles. The Morgan fingerprint density at radius 2 is 1.76 bits per heavy atom. The number of hydrogen-bond donors (Lipinski definition) is 1. The molecular weight excluding hydrogens is 395 g/mol. The topological polar surface area (TPSA) is 51.2 Å². The normalized spacial score (nSPS) is 11.2. The molecule has 0 atom stereocenters. The first-order valence-electron chi connectivity index (χ1n) is 8.22. The molecule has 0 bridgehead atoms. The van der Waals surface area contributed by atoms with Gasteiger partial charge in [0.25, 0.3) is 5.91 Å². The third-order valence-corrected chi connectivity index (χ3v) is 3.88. The number of halogens is 5. The Morgan fingerprint density at radius 1 is 1.07 bits per heavy atom. The summed E-state index contributed by atoms with van der Waals surface area (Å²) in [5, 5.41) is 2.43. The quantitative estimate of drug-likeness (QED) is 0.561. The fourth-order valence-electron chi connectivity index (χ4n) is 2.59. The third-order valence-electron chi connectivity index (χ3n) is 3.88. The van der Waals surface area contributed by atoms with Crippen molar-refractivity contribution >= 4 is 11.6 Å². The van der Waals surface area contributed by atoms with Crippen molar-refractivity contribution in [2.24, 2.45) is 0 Å². The highest BCUT2D eigenvalue weighted by Crippen LogP contribution is 2.36. The molecule has 4 nitrogen and oxygen atoms in total. The van der Waals surface area contributed by atoms with Crippen LogP contribution in [0.25, 0.3) is 0 Å². The Bertz CT molecular complexity index is 1030. The van der Waals surface area contributed by atoms with Crippen molar-refractivity contribution in [1.82, 2.24) is 4.98 Å². The maximum Gasteiger partial charge on any atom is 0.421 e. The lowest BCUT2D eigenvalue weighted by Gasteiger charge is -2.13. The van der Waals surface area contributed by atoms with Crippen LogP contribution in [0.4, 0.5) is 27.6 Å². The van der Waals surface area contributed by atoms with Gasteiger partial charge in [-0.3, -0.25) is 4.79 Å². The van der Waals surface area contributed by atoms with E-state index in [0.717, 1.165) is 18.2 Å². The molecule has 0 saturated heterocycles. The maximum atomic E-state index is 13.9. The molecule has 29 heavy (non-hydrogen) atoms. The molecule has 0 aliphatic rings. The zero-order valence-electron chi connectivity index (χ0n) is 14.8. The molecular formula is C20H13F5N2O2. The Morgan fingerprint density at radius 3 is 2.38 bits per heavy atom. The summed E-state index contributed by atoms with van der Waals surface area (Å²) in [5.41, 5.74) is -0.980. The lowest BCUT2D eigenvalue weighted by atomic mass is 10.1. The van der Waals surface area contributed by atoms with Gasteiger partial charge in [0.05, 0.1) is 5.56 Å². The van der Waals surface area contributed by atoms with Crippen molar-refractivity contribution in [1.29, 1.82) is 0 Å².